The number of primary amides is 1. The van der Waals surface area contributed by atoms with Crippen molar-refractivity contribution < 1.29 is 18.4 Å². The summed E-state index contributed by atoms with van der Waals surface area (Å²) in [5.41, 5.74) is 5.64. The minimum Gasteiger partial charge on any atom is -0.369 e. The summed E-state index contributed by atoms with van der Waals surface area (Å²) in [6.45, 7) is 2.16. The monoisotopic (exact) mass is 337 g/mol. The molecule has 5 nitrogen and oxygen atoms in total. The van der Waals surface area contributed by atoms with Crippen LogP contribution in [0.4, 0.5) is 8.78 Å². The quantitative estimate of drug-likeness (QED) is 0.900. The van der Waals surface area contributed by atoms with Gasteiger partial charge in [-0.2, -0.15) is 0 Å². The van der Waals surface area contributed by atoms with E-state index < -0.39 is 23.5 Å². The zero-order valence-electron chi connectivity index (χ0n) is 13.4. The SMILES string of the molecule is NC(=O)C1CC(=O)N(C2CCN(Cc3cc(F)ccc3F)CC2)C1. The molecule has 0 spiro atoms. The maximum absolute atomic E-state index is 13.7. The Kier molecular flexibility index (Phi) is 4.80. The number of piperidine rings is 1. The van der Waals surface area contributed by atoms with Crippen molar-refractivity contribution in [3.8, 4) is 0 Å². The largest absolute Gasteiger partial charge is 0.369 e. The van der Waals surface area contributed by atoms with Gasteiger partial charge in [-0.25, -0.2) is 8.78 Å². The molecule has 2 saturated heterocycles. The van der Waals surface area contributed by atoms with Crippen molar-refractivity contribution in [2.75, 3.05) is 19.6 Å². The molecule has 7 heteroatoms. The summed E-state index contributed by atoms with van der Waals surface area (Å²) in [7, 11) is 0. The van der Waals surface area contributed by atoms with E-state index in [1.54, 1.807) is 4.90 Å². The van der Waals surface area contributed by atoms with E-state index in [2.05, 4.69) is 4.90 Å². The van der Waals surface area contributed by atoms with Crippen LogP contribution in [-0.4, -0.2) is 47.3 Å². The molecule has 2 aliphatic rings. The van der Waals surface area contributed by atoms with E-state index in [0.717, 1.165) is 25.0 Å². The molecule has 0 bridgehead atoms. The lowest BCUT2D eigenvalue weighted by Crippen LogP contribution is -2.45. The lowest BCUT2D eigenvalue weighted by Gasteiger charge is -2.36. The van der Waals surface area contributed by atoms with Gasteiger partial charge in [0.05, 0.1) is 5.92 Å². The minimum absolute atomic E-state index is 0.0200. The summed E-state index contributed by atoms with van der Waals surface area (Å²) in [5.74, 6) is -1.69. The van der Waals surface area contributed by atoms with E-state index in [9.17, 15) is 18.4 Å². The van der Waals surface area contributed by atoms with Crippen LogP contribution in [0, 0.1) is 17.6 Å². The van der Waals surface area contributed by atoms with Gasteiger partial charge in [0.15, 0.2) is 0 Å². The molecule has 2 amide bonds. The number of benzene rings is 1. The molecule has 24 heavy (non-hydrogen) atoms. The van der Waals surface area contributed by atoms with Gasteiger partial charge in [-0.15, -0.1) is 0 Å². The van der Waals surface area contributed by atoms with Gasteiger partial charge in [-0.1, -0.05) is 0 Å². The predicted octanol–water partition coefficient (Wildman–Crippen LogP) is 1.26. The number of hydrogen-bond donors (Lipinski definition) is 1. The van der Waals surface area contributed by atoms with Crippen LogP contribution in [0.25, 0.3) is 0 Å². The molecule has 1 aromatic carbocycles. The molecular formula is C17H21F2N3O2. The number of likely N-dealkylation sites (tertiary alicyclic amines) is 2. The Morgan fingerprint density at radius 3 is 2.58 bits per heavy atom. The second-order valence-electron chi connectivity index (χ2n) is 6.59. The Balaban J connectivity index is 1.55. The van der Waals surface area contributed by atoms with Crippen molar-refractivity contribution in [1.29, 1.82) is 0 Å². The highest BCUT2D eigenvalue weighted by Gasteiger charge is 2.38. The number of nitrogens with zero attached hydrogens (tertiary/aromatic N) is 2. The molecule has 1 aromatic rings. The molecule has 130 valence electrons. The van der Waals surface area contributed by atoms with E-state index in [1.807, 2.05) is 0 Å². The van der Waals surface area contributed by atoms with Crippen molar-refractivity contribution in [2.24, 2.45) is 11.7 Å². The molecule has 2 heterocycles. The summed E-state index contributed by atoms with van der Waals surface area (Å²) in [4.78, 5) is 27.1. The average molecular weight is 337 g/mol. The van der Waals surface area contributed by atoms with E-state index in [1.165, 1.54) is 6.07 Å². The number of carbonyl (C=O) groups excluding carboxylic acids is 2. The molecule has 0 saturated carbocycles. The Morgan fingerprint density at radius 2 is 1.96 bits per heavy atom. The van der Waals surface area contributed by atoms with Gasteiger partial charge >= 0.3 is 0 Å². The van der Waals surface area contributed by atoms with Crippen LogP contribution in [0.5, 0.6) is 0 Å². The number of amides is 2. The Morgan fingerprint density at radius 1 is 1.25 bits per heavy atom. The third kappa shape index (κ3) is 3.56. The zero-order valence-corrected chi connectivity index (χ0v) is 13.4. The second kappa shape index (κ2) is 6.84. The molecule has 1 unspecified atom stereocenters. The van der Waals surface area contributed by atoms with Crippen LogP contribution in [-0.2, 0) is 16.1 Å². The lowest BCUT2D eigenvalue weighted by molar-refractivity contribution is -0.130. The molecule has 1 atom stereocenters. The van der Waals surface area contributed by atoms with E-state index in [0.29, 0.717) is 31.7 Å². The standard InChI is InChI=1S/C17H21F2N3O2/c18-13-1-2-15(19)11(7-13)9-21-5-3-14(4-6-21)22-10-12(17(20)24)8-16(22)23/h1-2,7,12,14H,3-6,8-10H2,(H2,20,24). The number of rotatable bonds is 4. The fourth-order valence-corrected chi connectivity index (χ4v) is 3.57. The first-order chi connectivity index (χ1) is 11.4. The summed E-state index contributed by atoms with van der Waals surface area (Å²) in [6.07, 6.45) is 1.71. The predicted molar refractivity (Wildman–Crippen MR) is 83.7 cm³/mol. The molecule has 2 fully saturated rings. The Labute approximate surface area is 139 Å². The van der Waals surface area contributed by atoms with E-state index in [-0.39, 0.29) is 18.4 Å². The van der Waals surface area contributed by atoms with Crippen LogP contribution < -0.4 is 5.73 Å². The molecule has 0 aromatic heterocycles. The van der Waals surface area contributed by atoms with E-state index >= 15 is 0 Å². The maximum Gasteiger partial charge on any atom is 0.223 e. The molecule has 2 aliphatic heterocycles. The highest BCUT2D eigenvalue weighted by Crippen LogP contribution is 2.26. The summed E-state index contributed by atoms with van der Waals surface area (Å²) in [6, 6.07) is 3.57. The van der Waals surface area contributed by atoms with Gasteiger partial charge < -0.3 is 10.6 Å². The van der Waals surface area contributed by atoms with Crippen LogP contribution in [0.2, 0.25) is 0 Å². The van der Waals surface area contributed by atoms with Gasteiger partial charge in [0, 0.05) is 44.2 Å². The molecular weight excluding hydrogens is 316 g/mol. The first-order valence-electron chi connectivity index (χ1n) is 8.19. The van der Waals surface area contributed by atoms with Gasteiger partial charge in [0.25, 0.3) is 0 Å². The first-order valence-corrected chi connectivity index (χ1v) is 8.19. The van der Waals surface area contributed by atoms with Gasteiger partial charge in [0.1, 0.15) is 11.6 Å². The third-order valence-corrected chi connectivity index (χ3v) is 4.96. The van der Waals surface area contributed by atoms with Gasteiger partial charge in [-0.3, -0.25) is 14.5 Å². The maximum atomic E-state index is 13.7. The lowest BCUT2D eigenvalue weighted by atomic mass is 10.0. The van der Waals surface area contributed by atoms with Crippen LogP contribution in [0.3, 0.4) is 0 Å². The summed E-state index contributed by atoms with van der Waals surface area (Å²) in [5, 5.41) is 0. The van der Waals surface area contributed by atoms with Gasteiger partial charge in [-0.05, 0) is 31.0 Å². The smallest absolute Gasteiger partial charge is 0.223 e. The average Bonchev–Trinajstić information content (AvgIpc) is 2.94. The van der Waals surface area contributed by atoms with Crippen molar-refractivity contribution in [2.45, 2.75) is 31.8 Å². The Bertz CT molecular complexity index is 645. The Hall–Kier alpha value is -2.02. The topological polar surface area (TPSA) is 66.6 Å². The van der Waals surface area contributed by atoms with E-state index in [4.69, 9.17) is 5.73 Å². The third-order valence-electron chi connectivity index (χ3n) is 4.96. The number of carbonyl (C=O) groups is 2. The first kappa shape index (κ1) is 16.8. The van der Waals surface area contributed by atoms with Crippen LogP contribution in [0.15, 0.2) is 18.2 Å². The number of nitrogens with two attached hydrogens (primary N) is 1. The number of hydrogen-bond acceptors (Lipinski definition) is 3. The fraction of sp³-hybridized carbons (Fsp3) is 0.529. The van der Waals surface area contributed by atoms with Crippen molar-refractivity contribution in [3.05, 3.63) is 35.4 Å². The molecule has 3 rings (SSSR count). The van der Waals surface area contributed by atoms with Crippen molar-refractivity contribution in [1.82, 2.24) is 9.80 Å². The molecule has 2 N–H and O–H groups in total. The van der Waals surface area contributed by atoms with Crippen molar-refractivity contribution in [3.63, 3.8) is 0 Å². The molecule has 0 radical (unpaired) electrons. The highest BCUT2D eigenvalue weighted by atomic mass is 19.1. The molecule has 0 aliphatic carbocycles. The normalized spacial score (nSPS) is 23.0. The van der Waals surface area contributed by atoms with Gasteiger partial charge in [0.2, 0.25) is 11.8 Å². The summed E-state index contributed by atoms with van der Waals surface area (Å²) < 4.78 is 27.0. The minimum atomic E-state index is -0.443. The van der Waals surface area contributed by atoms with Crippen LogP contribution >= 0.6 is 0 Å². The zero-order chi connectivity index (χ0) is 17.3. The van der Waals surface area contributed by atoms with Crippen molar-refractivity contribution >= 4 is 11.8 Å². The summed E-state index contributed by atoms with van der Waals surface area (Å²) >= 11 is 0. The fourth-order valence-electron chi connectivity index (χ4n) is 3.57. The highest BCUT2D eigenvalue weighted by molar-refractivity contribution is 5.88. The second-order valence-corrected chi connectivity index (χ2v) is 6.59. The van der Waals surface area contributed by atoms with Crippen LogP contribution in [0.1, 0.15) is 24.8 Å². The number of halogens is 2.